The third-order valence-electron chi connectivity index (χ3n) is 3.72. The van der Waals surface area contributed by atoms with E-state index >= 15 is 0 Å². The molecule has 0 unspecified atom stereocenters. The lowest BCUT2D eigenvalue weighted by Gasteiger charge is -2.14. The van der Waals surface area contributed by atoms with Gasteiger partial charge in [-0.3, -0.25) is 14.5 Å². The number of carboxylic acids is 1. The Kier molecular flexibility index (Phi) is 6.28. The van der Waals surface area contributed by atoms with E-state index in [1.54, 1.807) is 12.1 Å². The molecule has 0 atom stereocenters. The van der Waals surface area contributed by atoms with E-state index in [0.717, 1.165) is 21.8 Å². The second-order valence-corrected chi connectivity index (χ2v) is 8.35. The van der Waals surface area contributed by atoms with Gasteiger partial charge in [0.05, 0.1) is 10.5 Å². The van der Waals surface area contributed by atoms with E-state index < -0.39 is 11.9 Å². The van der Waals surface area contributed by atoms with Gasteiger partial charge in [-0.2, -0.15) is 0 Å². The number of carboxylic acid groups (broad SMARTS) is 1. The van der Waals surface area contributed by atoms with Crippen LogP contribution in [0.3, 0.4) is 0 Å². The Hall–Kier alpha value is -2.49. The van der Waals surface area contributed by atoms with E-state index in [1.165, 1.54) is 23.1 Å². The quantitative estimate of drug-likeness (QED) is 0.501. The largest absolute Gasteiger partial charge is 0.478 e. The van der Waals surface area contributed by atoms with Gasteiger partial charge in [0.15, 0.2) is 0 Å². The van der Waals surface area contributed by atoms with Gasteiger partial charge in [-0.15, -0.1) is 0 Å². The summed E-state index contributed by atoms with van der Waals surface area (Å²) in [7, 11) is 0. The van der Waals surface area contributed by atoms with Crippen LogP contribution in [0, 0.1) is 0 Å². The van der Waals surface area contributed by atoms with E-state index in [-0.39, 0.29) is 18.0 Å². The number of carbonyl (C=O) groups excluding carboxylic acids is 2. The van der Waals surface area contributed by atoms with Crippen LogP contribution in [0.15, 0.2) is 57.9 Å². The van der Waals surface area contributed by atoms with Crippen LogP contribution in [0.2, 0.25) is 0 Å². The molecule has 0 spiro atoms. The molecule has 0 saturated carbocycles. The standard InChI is InChI=1S/C19H13BrN2O4S2/c20-13-5-1-3-11(7-13)8-15-17(24)22(19(27)28-15)10-16(23)21-14-6-2-4-12(9-14)18(25)26/h1-9H,10H2,(H,21,23)(H,25,26). The molecule has 2 aromatic rings. The fourth-order valence-electron chi connectivity index (χ4n) is 2.46. The first-order valence-corrected chi connectivity index (χ1v) is 9.99. The summed E-state index contributed by atoms with van der Waals surface area (Å²) >= 11 is 9.75. The molecule has 0 bridgehead atoms. The molecular formula is C19H13BrN2O4S2. The molecule has 2 N–H and O–H groups in total. The van der Waals surface area contributed by atoms with Crippen LogP contribution in [0.5, 0.6) is 0 Å². The summed E-state index contributed by atoms with van der Waals surface area (Å²) in [5.41, 5.74) is 1.23. The number of benzene rings is 2. The number of hydrogen-bond acceptors (Lipinski definition) is 5. The van der Waals surface area contributed by atoms with Gasteiger partial charge < -0.3 is 10.4 Å². The van der Waals surface area contributed by atoms with Crippen molar-refractivity contribution in [2.24, 2.45) is 0 Å². The third-order valence-corrected chi connectivity index (χ3v) is 5.59. The summed E-state index contributed by atoms with van der Waals surface area (Å²) in [6.07, 6.45) is 1.72. The lowest BCUT2D eigenvalue weighted by Crippen LogP contribution is -2.36. The Morgan fingerprint density at radius 3 is 2.68 bits per heavy atom. The van der Waals surface area contributed by atoms with Crippen molar-refractivity contribution in [3.63, 3.8) is 0 Å². The number of carbonyl (C=O) groups is 3. The first kappa shape index (κ1) is 20.2. The normalized spacial score (nSPS) is 15.2. The second kappa shape index (κ2) is 8.68. The first-order valence-electron chi connectivity index (χ1n) is 7.97. The molecule has 3 rings (SSSR count). The molecular weight excluding hydrogens is 464 g/mol. The fourth-order valence-corrected chi connectivity index (χ4v) is 4.13. The lowest BCUT2D eigenvalue weighted by molar-refractivity contribution is -0.126. The van der Waals surface area contributed by atoms with Gasteiger partial charge in [0, 0.05) is 10.2 Å². The number of hydrogen-bond donors (Lipinski definition) is 2. The zero-order chi connectivity index (χ0) is 20.3. The first-order chi connectivity index (χ1) is 13.3. The average molecular weight is 477 g/mol. The molecule has 1 aliphatic rings. The van der Waals surface area contributed by atoms with E-state index in [4.69, 9.17) is 17.3 Å². The molecule has 2 aromatic carbocycles. The number of anilines is 1. The number of nitrogens with one attached hydrogen (secondary N) is 1. The molecule has 0 radical (unpaired) electrons. The minimum atomic E-state index is -1.09. The lowest BCUT2D eigenvalue weighted by atomic mass is 10.2. The Morgan fingerprint density at radius 1 is 1.21 bits per heavy atom. The van der Waals surface area contributed by atoms with Gasteiger partial charge in [0.25, 0.3) is 5.91 Å². The van der Waals surface area contributed by atoms with Gasteiger partial charge in [-0.25, -0.2) is 4.79 Å². The van der Waals surface area contributed by atoms with Gasteiger partial charge >= 0.3 is 5.97 Å². The molecule has 1 heterocycles. The zero-order valence-corrected chi connectivity index (χ0v) is 17.4. The summed E-state index contributed by atoms with van der Waals surface area (Å²) < 4.78 is 1.18. The van der Waals surface area contributed by atoms with Crippen molar-refractivity contribution >= 4 is 73.8 Å². The maximum absolute atomic E-state index is 12.6. The van der Waals surface area contributed by atoms with Crippen molar-refractivity contribution in [1.82, 2.24) is 4.90 Å². The molecule has 1 aliphatic heterocycles. The van der Waals surface area contributed by atoms with Gasteiger partial charge in [0.2, 0.25) is 5.91 Å². The highest BCUT2D eigenvalue weighted by molar-refractivity contribution is 9.10. The van der Waals surface area contributed by atoms with Crippen LogP contribution >= 0.6 is 39.9 Å². The van der Waals surface area contributed by atoms with Crippen LogP contribution in [0.25, 0.3) is 6.08 Å². The summed E-state index contributed by atoms with van der Waals surface area (Å²) in [4.78, 5) is 37.6. The topological polar surface area (TPSA) is 86.7 Å². The number of aromatic carboxylic acids is 1. The van der Waals surface area contributed by atoms with Crippen LogP contribution in [0.4, 0.5) is 5.69 Å². The maximum Gasteiger partial charge on any atom is 0.335 e. The monoisotopic (exact) mass is 476 g/mol. The Bertz CT molecular complexity index is 1020. The fraction of sp³-hybridized carbons (Fsp3) is 0.0526. The SMILES string of the molecule is O=C(CN1C(=O)C(=Cc2cccc(Br)c2)SC1=S)Nc1cccc(C(=O)O)c1. The van der Waals surface area contributed by atoms with Crippen molar-refractivity contribution in [3.8, 4) is 0 Å². The highest BCUT2D eigenvalue weighted by Crippen LogP contribution is 2.32. The molecule has 6 nitrogen and oxygen atoms in total. The van der Waals surface area contributed by atoms with Crippen molar-refractivity contribution in [1.29, 1.82) is 0 Å². The summed E-state index contributed by atoms with van der Waals surface area (Å²) in [6.45, 7) is -0.252. The van der Waals surface area contributed by atoms with E-state index in [1.807, 2.05) is 24.3 Å². The van der Waals surface area contributed by atoms with Gasteiger partial charge in [-0.05, 0) is 42.0 Å². The highest BCUT2D eigenvalue weighted by atomic mass is 79.9. The zero-order valence-electron chi connectivity index (χ0n) is 14.2. The van der Waals surface area contributed by atoms with Crippen molar-refractivity contribution in [2.45, 2.75) is 0 Å². The third kappa shape index (κ3) is 4.86. The van der Waals surface area contributed by atoms with Crippen molar-refractivity contribution < 1.29 is 19.5 Å². The number of rotatable bonds is 5. The minimum absolute atomic E-state index is 0.0559. The van der Waals surface area contributed by atoms with E-state index in [2.05, 4.69) is 21.2 Å². The van der Waals surface area contributed by atoms with Crippen LogP contribution in [-0.4, -0.2) is 38.7 Å². The Morgan fingerprint density at radius 2 is 1.96 bits per heavy atom. The predicted octanol–water partition coefficient (Wildman–Crippen LogP) is 3.99. The summed E-state index contributed by atoms with van der Waals surface area (Å²) in [5, 5.41) is 11.6. The van der Waals surface area contributed by atoms with E-state index in [0.29, 0.717) is 14.9 Å². The molecule has 1 saturated heterocycles. The van der Waals surface area contributed by atoms with Crippen molar-refractivity contribution in [3.05, 3.63) is 69.0 Å². The van der Waals surface area contributed by atoms with Crippen LogP contribution < -0.4 is 5.32 Å². The molecule has 28 heavy (non-hydrogen) atoms. The maximum atomic E-state index is 12.6. The molecule has 1 fully saturated rings. The molecule has 9 heteroatoms. The molecule has 2 amide bonds. The number of thioether (sulfide) groups is 1. The minimum Gasteiger partial charge on any atom is -0.478 e. The average Bonchev–Trinajstić information content (AvgIpc) is 2.89. The van der Waals surface area contributed by atoms with Gasteiger partial charge in [0.1, 0.15) is 10.9 Å². The van der Waals surface area contributed by atoms with Crippen LogP contribution in [0.1, 0.15) is 15.9 Å². The number of thiocarbonyl (C=S) groups is 1. The number of nitrogens with zero attached hydrogens (tertiary/aromatic N) is 1. The number of halogens is 1. The Labute approximate surface area is 178 Å². The molecule has 0 aromatic heterocycles. The number of amides is 2. The smallest absolute Gasteiger partial charge is 0.335 e. The molecule has 142 valence electrons. The summed E-state index contributed by atoms with van der Waals surface area (Å²) in [5.74, 6) is -1.90. The predicted molar refractivity (Wildman–Crippen MR) is 116 cm³/mol. The van der Waals surface area contributed by atoms with Gasteiger partial charge in [-0.1, -0.05) is 58.1 Å². The second-order valence-electron chi connectivity index (χ2n) is 5.76. The molecule has 0 aliphatic carbocycles. The van der Waals surface area contributed by atoms with Crippen molar-refractivity contribution in [2.75, 3.05) is 11.9 Å². The van der Waals surface area contributed by atoms with E-state index in [9.17, 15) is 14.4 Å². The van der Waals surface area contributed by atoms with Crippen LogP contribution in [-0.2, 0) is 9.59 Å². The highest BCUT2D eigenvalue weighted by Gasteiger charge is 2.33. The Balaban J connectivity index is 1.69. The summed E-state index contributed by atoms with van der Waals surface area (Å²) in [6, 6.07) is 13.3.